The van der Waals surface area contributed by atoms with Gasteiger partial charge in [0.1, 0.15) is 24.3 Å². The standard InChI is InChI=1S/C21H29FN2O5.H2/c1-4-20(25)24-9-7-17(14-24)29-21(26)23-8-10-27-11-12-28-19-13-16(22)5-6-18(19)15(2)3;/h4-6,13,15,17H,1,7-12,14H2,2-3H3,(H,23,26);1H/t17-;/m1./s1. The molecule has 0 spiro atoms. The van der Waals surface area contributed by atoms with Crippen LogP contribution < -0.4 is 10.1 Å². The van der Waals surface area contributed by atoms with Crippen LogP contribution in [0.1, 0.15) is 33.2 Å². The molecule has 29 heavy (non-hydrogen) atoms. The normalized spacial score (nSPS) is 16.0. The van der Waals surface area contributed by atoms with Crippen molar-refractivity contribution in [2.24, 2.45) is 0 Å². The van der Waals surface area contributed by atoms with Crippen molar-refractivity contribution in [2.75, 3.05) is 39.5 Å². The van der Waals surface area contributed by atoms with Crippen molar-refractivity contribution < 1.29 is 29.6 Å². The van der Waals surface area contributed by atoms with Gasteiger partial charge in [0.25, 0.3) is 0 Å². The van der Waals surface area contributed by atoms with Crippen LogP contribution in [0.25, 0.3) is 0 Å². The SMILES string of the molecule is C=CC(=O)N1CC[C@@H](OC(=O)NCCOCCOc2cc(F)ccc2C(C)C)C1.[HH]. The Morgan fingerprint density at radius 2 is 2.17 bits per heavy atom. The van der Waals surface area contributed by atoms with Crippen LogP contribution in [0.4, 0.5) is 9.18 Å². The summed E-state index contributed by atoms with van der Waals surface area (Å²) in [7, 11) is 0. The first kappa shape index (κ1) is 22.7. The van der Waals surface area contributed by atoms with Crippen LogP contribution in [-0.4, -0.2) is 62.5 Å². The highest BCUT2D eigenvalue weighted by molar-refractivity contribution is 5.87. The smallest absolute Gasteiger partial charge is 0.407 e. The molecule has 1 N–H and O–H groups in total. The molecule has 0 saturated carbocycles. The lowest BCUT2D eigenvalue weighted by molar-refractivity contribution is -0.125. The third kappa shape index (κ3) is 7.38. The van der Waals surface area contributed by atoms with E-state index in [1.165, 1.54) is 18.2 Å². The van der Waals surface area contributed by atoms with Crippen LogP contribution in [0, 0.1) is 5.82 Å². The van der Waals surface area contributed by atoms with E-state index in [-0.39, 0.29) is 38.3 Å². The van der Waals surface area contributed by atoms with Crippen LogP contribution in [0.15, 0.2) is 30.9 Å². The number of carbonyl (C=O) groups is 2. The summed E-state index contributed by atoms with van der Waals surface area (Å²) in [6.07, 6.45) is 1.01. The van der Waals surface area contributed by atoms with E-state index in [1.54, 1.807) is 11.0 Å². The third-order valence-electron chi connectivity index (χ3n) is 4.50. The summed E-state index contributed by atoms with van der Waals surface area (Å²) >= 11 is 0. The van der Waals surface area contributed by atoms with Crippen molar-refractivity contribution in [2.45, 2.75) is 32.3 Å². The largest absolute Gasteiger partial charge is 0.491 e. The van der Waals surface area contributed by atoms with E-state index in [1.807, 2.05) is 13.8 Å². The molecule has 1 saturated heterocycles. The summed E-state index contributed by atoms with van der Waals surface area (Å²) in [5, 5.41) is 2.61. The Kier molecular flexibility index (Phi) is 8.92. The zero-order chi connectivity index (χ0) is 21.2. The van der Waals surface area contributed by atoms with E-state index in [0.717, 1.165) is 5.56 Å². The van der Waals surface area contributed by atoms with E-state index in [4.69, 9.17) is 14.2 Å². The topological polar surface area (TPSA) is 77.1 Å². The summed E-state index contributed by atoms with van der Waals surface area (Å²) in [5.74, 6) is 0.243. The van der Waals surface area contributed by atoms with Gasteiger partial charge in [-0.05, 0) is 23.6 Å². The van der Waals surface area contributed by atoms with Crippen molar-refractivity contribution in [3.05, 3.63) is 42.2 Å². The van der Waals surface area contributed by atoms with Gasteiger partial charge in [0, 0.05) is 27.0 Å². The first-order valence-electron chi connectivity index (χ1n) is 9.76. The van der Waals surface area contributed by atoms with Crippen LogP contribution in [0.5, 0.6) is 5.75 Å². The Labute approximate surface area is 172 Å². The molecule has 0 aromatic heterocycles. The monoisotopic (exact) mass is 410 g/mol. The predicted octanol–water partition coefficient (Wildman–Crippen LogP) is 3.10. The van der Waals surface area contributed by atoms with E-state index >= 15 is 0 Å². The Balaban J connectivity index is 0.00000450. The summed E-state index contributed by atoms with van der Waals surface area (Å²) < 4.78 is 29.7. The quantitative estimate of drug-likeness (QED) is 0.474. The van der Waals surface area contributed by atoms with Gasteiger partial charge in [0.15, 0.2) is 0 Å². The maximum absolute atomic E-state index is 13.4. The number of carbonyl (C=O) groups excluding carboxylic acids is 2. The summed E-state index contributed by atoms with van der Waals surface area (Å²) in [6, 6.07) is 4.52. The van der Waals surface area contributed by atoms with Crippen LogP contribution in [-0.2, 0) is 14.3 Å². The molecule has 7 nitrogen and oxygen atoms in total. The number of nitrogens with zero attached hydrogens (tertiary/aromatic N) is 1. The number of likely N-dealkylation sites (tertiary alicyclic amines) is 1. The summed E-state index contributed by atoms with van der Waals surface area (Å²) in [4.78, 5) is 24.9. The summed E-state index contributed by atoms with van der Waals surface area (Å²) in [5.41, 5.74) is 0.941. The number of ether oxygens (including phenoxy) is 3. The fraction of sp³-hybridized carbons (Fsp3) is 0.524. The minimum absolute atomic E-state index is 0. The molecular formula is C21H31FN2O5. The molecule has 1 heterocycles. The molecule has 1 aromatic carbocycles. The first-order valence-corrected chi connectivity index (χ1v) is 9.76. The number of amides is 2. The number of benzene rings is 1. The van der Waals surface area contributed by atoms with Gasteiger partial charge in [-0.15, -0.1) is 0 Å². The Morgan fingerprint density at radius 1 is 1.38 bits per heavy atom. The number of nitrogens with one attached hydrogen (secondary N) is 1. The zero-order valence-electron chi connectivity index (χ0n) is 17.0. The molecule has 1 fully saturated rings. The number of rotatable bonds is 10. The number of halogens is 1. The van der Waals surface area contributed by atoms with Gasteiger partial charge in [0.2, 0.25) is 5.91 Å². The van der Waals surface area contributed by atoms with Gasteiger partial charge in [-0.3, -0.25) is 4.79 Å². The fourth-order valence-corrected chi connectivity index (χ4v) is 2.99. The van der Waals surface area contributed by atoms with Crippen LogP contribution in [0.2, 0.25) is 0 Å². The van der Waals surface area contributed by atoms with E-state index in [2.05, 4.69) is 11.9 Å². The molecule has 0 radical (unpaired) electrons. The zero-order valence-corrected chi connectivity index (χ0v) is 17.0. The van der Waals surface area contributed by atoms with Gasteiger partial charge < -0.3 is 24.4 Å². The molecule has 0 aliphatic carbocycles. The second-order valence-corrected chi connectivity index (χ2v) is 7.03. The Bertz CT molecular complexity index is 717. The van der Waals surface area contributed by atoms with E-state index < -0.39 is 6.09 Å². The van der Waals surface area contributed by atoms with Crippen LogP contribution in [0.3, 0.4) is 0 Å². The molecular weight excluding hydrogens is 379 g/mol. The maximum Gasteiger partial charge on any atom is 0.407 e. The van der Waals surface area contributed by atoms with Crippen molar-refractivity contribution in [3.63, 3.8) is 0 Å². The van der Waals surface area contributed by atoms with Crippen molar-refractivity contribution in [3.8, 4) is 5.75 Å². The lowest BCUT2D eigenvalue weighted by Gasteiger charge is -2.15. The average Bonchev–Trinajstić information content (AvgIpc) is 3.14. The van der Waals surface area contributed by atoms with Gasteiger partial charge in [-0.25, -0.2) is 9.18 Å². The highest BCUT2D eigenvalue weighted by Gasteiger charge is 2.27. The molecule has 0 bridgehead atoms. The molecule has 1 aromatic rings. The van der Waals surface area contributed by atoms with E-state index in [9.17, 15) is 14.0 Å². The van der Waals surface area contributed by atoms with Gasteiger partial charge in [-0.2, -0.15) is 0 Å². The summed E-state index contributed by atoms with van der Waals surface area (Å²) in [6.45, 7) is 9.58. The third-order valence-corrected chi connectivity index (χ3v) is 4.50. The molecule has 1 aliphatic heterocycles. The van der Waals surface area contributed by atoms with E-state index in [0.29, 0.717) is 38.5 Å². The molecule has 0 unspecified atom stereocenters. The molecule has 1 aliphatic rings. The predicted molar refractivity (Wildman–Crippen MR) is 109 cm³/mol. The van der Waals surface area contributed by atoms with Crippen molar-refractivity contribution >= 4 is 12.0 Å². The molecule has 162 valence electrons. The van der Waals surface area contributed by atoms with Gasteiger partial charge >= 0.3 is 6.09 Å². The number of hydrogen-bond acceptors (Lipinski definition) is 5. The second kappa shape index (κ2) is 11.4. The maximum atomic E-state index is 13.4. The molecule has 8 heteroatoms. The van der Waals surface area contributed by atoms with Crippen molar-refractivity contribution in [1.29, 1.82) is 0 Å². The number of alkyl carbamates (subject to hydrolysis) is 1. The molecule has 2 rings (SSSR count). The first-order chi connectivity index (χ1) is 13.9. The molecule has 1 atom stereocenters. The van der Waals surface area contributed by atoms with Crippen molar-refractivity contribution in [1.82, 2.24) is 10.2 Å². The lowest BCUT2D eigenvalue weighted by atomic mass is 10.0. The average molecular weight is 410 g/mol. The number of hydrogen-bond donors (Lipinski definition) is 1. The fourth-order valence-electron chi connectivity index (χ4n) is 2.99. The lowest BCUT2D eigenvalue weighted by Crippen LogP contribution is -2.34. The van der Waals surface area contributed by atoms with Crippen LogP contribution >= 0.6 is 0 Å². The highest BCUT2D eigenvalue weighted by atomic mass is 19.1. The second-order valence-electron chi connectivity index (χ2n) is 7.03. The molecule has 2 amide bonds. The minimum Gasteiger partial charge on any atom is -0.491 e. The van der Waals surface area contributed by atoms with Gasteiger partial charge in [0.05, 0.1) is 19.8 Å². The van der Waals surface area contributed by atoms with Gasteiger partial charge in [-0.1, -0.05) is 26.5 Å². The minimum atomic E-state index is -0.538. The Hall–Kier alpha value is -2.61. The Morgan fingerprint density at radius 3 is 2.90 bits per heavy atom. The highest BCUT2D eigenvalue weighted by Crippen LogP contribution is 2.27.